The average Bonchev–Trinajstić information content (AvgIpc) is 2.75. The molecule has 0 amide bonds. The average molecular weight is 362 g/mol. The summed E-state index contributed by atoms with van der Waals surface area (Å²) in [5.74, 6) is -0.322. The summed E-state index contributed by atoms with van der Waals surface area (Å²) in [5.41, 5.74) is 2.54. The SMILES string of the molecule is COC(=O)c1ccccc1-c1c2ccccc2cc2cc3ccccc3cc12. The molecule has 0 N–H and O–H groups in total. The van der Waals surface area contributed by atoms with Crippen LogP contribution in [0.1, 0.15) is 10.4 Å². The van der Waals surface area contributed by atoms with Gasteiger partial charge in [-0.3, -0.25) is 0 Å². The number of hydrogen-bond acceptors (Lipinski definition) is 2. The smallest absolute Gasteiger partial charge is 0.338 e. The maximum absolute atomic E-state index is 12.5. The van der Waals surface area contributed by atoms with Crippen molar-refractivity contribution in [3.8, 4) is 11.1 Å². The number of benzene rings is 5. The summed E-state index contributed by atoms with van der Waals surface area (Å²) in [4.78, 5) is 12.5. The van der Waals surface area contributed by atoms with Crippen molar-refractivity contribution in [3.05, 3.63) is 96.6 Å². The van der Waals surface area contributed by atoms with Crippen LogP contribution in [0.4, 0.5) is 0 Å². The summed E-state index contributed by atoms with van der Waals surface area (Å²) < 4.78 is 5.05. The van der Waals surface area contributed by atoms with E-state index in [4.69, 9.17) is 4.74 Å². The lowest BCUT2D eigenvalue weighted by atomic mass is 9.88. The highest BCUT2D eigenvalue weighted by molar-refractivity contribution is 6.17. The summed E-state index contributed by atoms with van der Waals surface area (Å²) in [6.07, 6.45) is 0. The first kappa shape index (κ1) is 16.5. The third-order valence-corrected chi connectivity index (χ3v) is 5.33. The summed E-state index contributed by atoms with van der Waals surface area (Å²) >= 11 is 0. The van der Waals surface area contributed by atoms with E-state index < -0.39 is 0 Å². The molecular weight excluding hydrogens is 344 g/mol. The molecule has 0 aliphatic rings. The molecule has 0 saturated heterocycles. The van der Waals surface area contributed by atoms with Gasteiger partial charge in [0.05, 0.1) is 12.7 Å². The van der Waals surface area contributed by atoms with Gasteiger partial charge in [-0.15, -0.1) is 0 Å². The highest BCUT2D eigenvalue weighted by atomic mass is 16.5. The Hall–Kier alpha value is -3.65. The van der Waals surface area contributed by atoms with Crippen LogP contribution in [0.25, 0.3) is 43.4 Å². The molecule has 0 aromatic heterocycles. The molecule has 0 atom stereocenters. The lowest BCUT2D eigenvalue weighted by Gasteiger charge is -2.15. The number of carbonyl (C=O) groups is 1. The predicted octanol–water partition coefficient (Wildman–Crippen LogP) is 6.60. The number of fused-ring (bicyclic) bond motifs is 3. The van der Waals surface area contributed by atoms with Crippen LogP contribution in [0.15, 0.2) is 91.0 Å². The largest absolute Gasteiger partial charge is 0.465 e. The van der Waals surface area contributed by atoms with Gasteiger partial charge in [0.1, 0.15) is 0 Å². The van der Waals surface area contributed by atoms with Crippen molar-refractivity contribution >= 4 is 38.3 Å². The minimum absolute atomic E-state index is 0.322. The molecule has 0 bridgehead atoms. The Morgan fingerprint density at radius 1 is 0.643 bits per heavy atom. The van der Waals surface area contributed by atoms with Crippen LogP contribution in [-0.2, 0) is 4.74 Å². The molecule has 5 aromatic carbocycles. The lowest BCUT2D eigenvalue weighted by molar-refractivity contribution is 0.0601. The normalized spacial score (nSPS) is 11.2. The first-order chi connectivity index (χ1) is 13.8. The van der Waals surface area contributed by atoms with Gasteiger partial charge in [0.15, 0.2) is 0 Å². The van der Waals surface area contributed by atoms with E-state index >= 15 is 0 Å². The van der Waals surface area contributed by atoms with Crippen molar-refractivity contribution in [1.29, 1.82) is 0 Å². The van der Waals surface area contributed by atoms with E-state index in [2.05, 4.69) is 54.6 Å². The first-order valence-electron chi connectivity index (χ1n) is 9.28. The zero-order valence-electron chi connectivity index (χ0n) is 15.5. The maximum Gasteiger partial charge on any atom is 0.338 e. The molecule has 0 heterocycles. The molecule has 0 radical (unpaired) electrons. The first-order valence-corrected chi connectivity index (χ1v) is 9.28. The fourth-order valence-electron chi connectivity index (χ4n) is 4.04. The molecular formula is C26H18O2. The van der Waals surface area contributed by atoms with Crippen molar-refractivity contribution in [2.24, 2.45) is 0 Å². The van der Waals surface area contributed by atoms with E-state index in [1.54, 1.807) is 0 Å². The second-order valence-electron chi connectivity index (χ2n) is 6.93. The van der Waals surface area contributed by atoms with Crippen molar-refractivity contribution < 1.29 is 9.53 Å². The van der Waals surface area contributed by atoms with Gasteiger partial charge in [-0.25, -0.2) is 4.79 Å². The van der Waals surface area contributed by atoms with Crippen molar-refractivity contribution in [2.75, 3.05) is 7.11 Å². The molecule has 0 spiro atoms. The van der Waals surface area contributed by atoms with Crippen LogP contribution in [-0.4, -0.2) is 13.1 Å². The topological polar surface area (TPSA) is 26.3 Å². The van der Waals surface area contributed by atoms with E-state index in [0.29, 0.717) is 5.56 Å². The summed E-state index contributed by atoms with van der Waals surface area (Å²) in [5, 5.41) is 6.96. The number of esters is 1. The van der Waals surface area contributed by atoms with Gasteiger partial charge in [0, 0.05) is 0 Å². The Bertz CT molecular complexity index is 1360. The van der Waals surface area contributed by atoms with E-state index in [1.807, 2.05) is 36.4 Å². The number of rotatable bonds is 2. The zero-order chi connectivity index (χ0) is 19.1. The van der Waals surface area contributed by atoms with E-state index in [0.717, 1.165) is 32.7 Å². The highest BCUT2D eigenvalue weighted by Crippen LogP contribution is 2.39. The van der Waals surface area contributed by atoms with Crippen molar-refractivity contribution in [1.82, 2.24) is 0 Å². The Morgan fingerprint density at radius 2 is 1.25 bits per heavy atom. The van der Waals surface area contributed by atoms with Gasteiger partial charge in [-0.2, -0.15) is 0 Å². The Morgan fingerprint density at radius 3 is 2.04 bits per heavy atom. The van der Waals surface area contributed by atoms with E-state index in [-0.39, 0.29) is 5.97 Å². The van der Waals surface area contributed by atoms with Crippen LogP contribution >= 0.6 is 0 Å². The van der Waals surface area contributed by atoms with Crippen LogP contribution < -0.4 is 0 Å². The van der Waals surface area contributed by atoms with Crippen LogP contribution in [0.5, 0.6) is 0 Å². The third-order valence-electron chi connectivity index (χ3n) is 5.33. The van der Waals surface area contributed by atoms with Crippen LogP contribution in [0, 0.1) is 0 Å². The lowest BCUT2D eigenvalue weighted by Crippen LogP contribution is -2.03. The molecule has 0 aliphatic carbocycles. The minimum atomic E-state index is -0.322. The van der Waals surface area contributed by atoms with Gasteiger partial charge in [-0.1, -0.05) is 66.7 Å². The summed E-state index contributed by atoms with van der Waals surface area (Å²) in [7, 11) is 1.42. The van der Waals surface area contributed by atoms with Gasteiger partial charge in [0.25, 0.3) is 0 Å². The number of hydrogen-bond donors (Lipinski definition) is 0. The predicted molar refractivity (Wildman–Crippen MR) is 116 cm³/mol. The second kappa shape index (κ2) is 6.50. The molecule has 2 heteroatoms. The minimum Gasteiger partial charge on any atom is -0.465 e. The van der Waals surface area contributed by atoms with Gasteiger partial charge in [-0.05, 0) is 67.7 Å². The number of ether oxygens (including phenoxy) is 1. The van der Waals surface area contributed by atoms with Gasteiger partial charge < -0.3 is 4.74 Å². The second-order valence-corrected chi connectivity index (χ2v) is 6.93. The quantitative estimate of drug-likeness (QED) is 0.261. The van der Waals surface area contributed by atoms with Gasteiger partial charge in [0.2, 0.25) is 0 Å². The molecule has 0 unspecified atom stereocenters. The fraction of sp³-hybridized carbons (Fsp3) is 0.0385. The Labute approximate surface area is 163 Å². The van der Waals surface area contributed by atoms with Gasteiger partial charge >= 0.3 is 5.97 Å². The molecule has 0 saturated carbocycles. The molecule has 0 fully saturated rings. The van der Waals surface area contributed by atoms with E-state index in [9.17, 15) is 4.79 Å². The Kier molecular flexibility index (Phi) is 3.84. The molecule has 2 nitrogen and oxygen atoms in total. The van der Waals surface area contributed by atoms with Crippen LogP contribution in [0.3, 0.4) is 0 Å². The fourth-order valence-corrected chi connectivity index (χ4v) is 4.04. The zero-order valence-corrected chi connectivity index (χ0v) is 15.5. The molecule has 5 aromatic rings. The van der Waals surface area contributed by atoms with Crippen molar-refractivity contribution in [3.63, 3.8) is 0 Å². The molecule has 0 aliphatic heterocycles. The standard InChI is InChI=1S/C26H18O2/c1-28-26(27)23-13-7-6-12-22(23)25-21-11-5-4-10-19(21)15-20-14-17-8-2-3-9-18(17)16-24(20)25/h2-16H,1H3. The van der Waals surface area contributed by atoms with Crippen molar-refractivity contribution in [2.45, 2.75) is 0 Å². The molecule has 134 valence electrons. The summed E-state index contributed by atoms with van der Waals surface area (Å²) in [6.45, 7) is 0. The third kappa shape index (κ3) is 2.54. The highest BCUT2D eigenvalue weighted by Gasteiger charge is 2.17. The molecule has 28 heavy (non-hydrogen) atoms. The maximum atomic E-state index is 12.5. The monoisotopic (exact) mass is 362 g/mol. The Balaban J connectivity index is 1.99. The van der Waals surface area contributed by atoms with E-state index in [1.165, 1.54) is 17.9 Å². The van der Waals surface area contributed by atoms with Crippen LogP contribution in [0.2, 0.25) is 0 Å². The number of methoxy groups -OCH3 is 1. The molecule has 5 rings (SSSR count). The number of carbonyl (C=O) groups excluding carboxylic acids is 1. The summed E-state index contributed by atoms with van der Waals surface area (Å²) in [6, 6.07) is 31.0.